The maximum Gasteiger partial charge on any atom is 0.410 e. The number of rotatable bonds is 2. The zero-order valence-corrected chi connectivity index (χ0v) is 21.4. The van der Waals surface area contributed by atoms with E-state index in [9.17, 15) is 14.0 Å². The van der Waals surface area contributed by atoms with Gasteiger partial charge in [-0.3, -0.25) is 4.98 Å². The number of amides is 1. The van der Waals surface area contributed by atoms with Crippen molar-refractivity contribution < 1.29 is 13.9 Å². The molecule has 0 radical (unpaired) electrons. The van der Waals surface area contributed by atoms with E-state index in [1.807, 2.05) is 39.5 Å². The highest BCUT2D eigenvalue weighted by Crippen LogP contribution is 2.30. The molecular formula is C24H28ClFN6O3. The minimum absolute atomic E-state index is 0.187. The molecule has 1 aliphatic rings. The molecule has 1 amide bonds. The molecule has 1 atom stereocenters. The van der Waals surface area contributed by atoms with E-state index in [1.54, 1.807) is 24.1 Å². The third kappa shape index (κ3) is 4.80. The first-order valence-electron chi connectivity index (χ1n) is 11.3. The number of halogens is 2. The molecule has 0 aliphatic carbocycles. The zero-order chi connectivity index (χ0) is 25.7. The summed E-state index contributed by atoms with van der Waals surface area (Å²) in [5.41, 5.74) is 0.919. The van der Waals surface area contributed by atoms with Crippen LogP contribution in [0.15, 0.2) is 23.1 Å². The van der Waals surface area contributed by atoms with Crippen LogP contribution in [0.25, 0.3) is 16.7 Å². The second-order valence-corrected chi connectivity index (χ2v) is 10.1. The van der Waals surface area contributed by atoms with Gasteiger partial charge in [-0.15, -0.1) is 0 Å². The number of anilines is 1. The standard InChI is InChI=1S/C24H28ClFN6O3/c1-13-7-8-27-15(3)18(13)32-21-16(11-17(26)19(25)28-21)20(29-22(32)33)31-10-9-30(12-14(31)2)23(34)35-24(4,5)6/h7-8,11,14H,9-10,12H2,1-6H3/t14-/m0/s1. The van der Waals surface area contributed by atoms with Gasteiger partial charge in [0, 0.05) is 31.9 Å². The number of aryl methyl sites for hydroxylation is 2. The molecule has 0 unspecified atom stereocenters. The Kier molecular flexibility index (Phi) is 6.44. The summed E-state index contributed by atoms with van der Waals surface area (Å²) in [6.07, 6.45) is 1.24. The van der Waals surface area contributed by atoms with E-state index >= 15 is 0 Å². The van der Waals surface area contributed by atoms with Crippen molar-refractivity contribution in [1.29, 1.82) is 0 Å². The highest BCUT2D eigenvalue weighted by Gasteiger charge is 2.32. The molecule has 1 saturated heterocycles. The highest BCUT2D eigenvalue weighted by molar-refractivity contribution is 6.30. The first-order chi connectivity index (χ1) is 16.4. The summed E-state index contributed by atoms with van der Waals surface area (Å²) in [4.78, 5) is 42.3. The van der Waals surface area contributed by atoms with Gasteiger partial charge in [0.05, 0.1) is 16.8 Å². The van der Waals surface area contributed by atoms with Crippen molar-refractivity contribution in [2.24, 2.45) is 0 Å². The topological polar surface area (TPSA) is 93.5 Å². The lowest BCUT2D eigenvalue weighted by molar-refractivity contribution is 0.0218. The molecule has 4 heterocycles. The number of fused-ring (bicyclic) bond motifs is 1. The predicted octanol–water partition coefficient (Wildman–Crippen LogP) is 4.03. The van der Waals surface area contributed by atoms with Gasteiger partial charge in [-0.25, -0.2) is 23.5 Å². The Labute approximate surface area is 207 Å². The number of nitrogens with zero attached hydrogens (tertiary/aromatic N) is 6. The van der Waals surface area contributed by atoms with Gasteiger partial charge in [0.15, 0.2) is 16.6 Å². The molecule has 0 saturated carbocycles. The van der Waals surface area contributed by atoms with Gasteiger partial charge in [0.2, 0.25) is 0 Å². The molecule has 0 spiro atoms. The lowest BCUT2D eigenvalue weighted by Gasteiger charge is -2.41. The minimum atomic E-state index is -0.716. The van der Waals surface area contributed by atoms with E-state index in [-0.39, 0.29) is 16.8 Å². The molecular weight excluding hydrogens is 475 g/mol. The van der Waals surface area contributed by atoms with E-state index in [4.69, 9.17) is 16.3 Å². The number of hydrogen-bond acceptors (Lipinski definition) is 7. The minimum Gasteiger partial charge on any atom is -0.444 e. The molecule has 0 N–H and O–H groups in total. The summed E-state index contributed by atoms with van der Waals surface area (Å²) in [5, 5.41) is -0.00323. The Morgan fingerprint density at radius 1 is 1.23 bits per heavy atom. The van der Waals surface area contributed by atoms with Crippen molar-refractivity contribution in [3.05, 3.63) is 51.0 Å². The number of pyridine rings is 2. The van der Waals surface area contributed by atoms with E-state index in [1.165, 1.54) is 10.6 Å². The second-order valence-electron chi connectivity index (χ2n) is 9.72. The summed E-state index contributed by atoms with van der Waals surface area (Å²) in [6.45, 7) is 12.1. The van der Waals surface area contributed by atoms with Crippen LogP contribution < -0.4 is 10.6 Å². The molecule has 35 heavy (non-hydrogen) atoms. The third-order valence-corrected chi connectivity index (χ3v) is 6.11. The molecule has 1 aliphatic heterocycles. The molecule has 186 valence electrons. The average molecular weight is 503 g/mol. The molecule has 3 aromatic heterocycles. The van der Waals surface area contributed by atoms with Crippen molar-refractivity contribution in [2.45, 2.75) is 53.2 Å². The largest absolute Gasteiger partial charge is 0.444 e. The van der Waals surface area contributed by atoms with E-state index in [2.05, 4.69) is 15.0 Å². The lowest BCUT2D eigenvalue weighted by Crippen LogP contribution is -2.55. The third-order valence-electron chi connectivity index (χ3n) is 5.84. The summed E-state index contributed by atoms with van der Waals surface area (Å²) in [6, 6.07) is 2.80. The van der Waals surface area contributed by atoms with Gasteiger partial charge >= 0.3 is 11.8 Å². The Bertz CT molecular complexity index is 1350. The quantitative estimate of drug-likeness (QED) is 0.488. The van der Waals surface area contributed by atoms with Gasteiger partial charge in [0.1, 0.15) is 11.4 Å². The van der Waals surface area contributed by atoms with Crippen molar-refractivity contribution in [3.63, 3.8) is 0 Å². The Hall–Kier alpha value is -3.27. The van der Waals surface area contributed by atoms with Crippen LogP contribution in [-0.2, 0) is 4.74 Å². The lowest BCUT2D eigenvalue weighted by atomic mass is 10.1. The van der Waals surface area contributed by atoms with Crippen LogP contribution in [0.5, 0.6) is 0 Å². The molecule has 0 aromatic carbocycles. The Morgan fingerprint density at radius 2 is 1.94 bits per heavy atom. The highest BCUT2D eigenvalue weighted by atomic mass is 35.5. The van der Waals surface area contributed by atoms with E-state index < -0.39 is 23.2 Å². The summed E-state index contributed by atoms with van der Waals surface area (Å²) < 4.78 is 21.4. The van der Waals surface area contributed by atoms with Crippen molar-refractivity contribution in [1.82, 2.24) is 24.4 Å². The fourth-order valence-electron chi connectivity index (χ4n) is 4.29. The maximum absolute atomic E-state index is 14.6. The molecule has 11 heteroatoms. The first kappa shape index (κ1) is 24.8. The molecule has 9 nitrogen and oxygen atoms in total. The zero-order valence-electron chi connectivity index (χ0n) is 20.6. The number of piperazine rings is 1. The molecule has 1 fully saturated rings. The van der Waals surface area contributed by atoms with Crippen molar-refractivity contribution in [2.75, 3.05) is 24.5 Å². The van der Waals surface area contributed by atoms with Gasteiger partial charge in [-0.2, -0.15) is 4.98 Å². The molecule has 4 rings (SSSR count). The monoisotopic (exact) mass is 502 g/mol. The molecule has 0 bridgehead atoms. The Balaban J connectivity index is 1.81. The number of aromatic nitrogens is 4. The number of carbonyl (C=O) groups is 1. The fourth-order valence-corrected chi connectivity index (χ4v) is 4.43. The van der Waals surface area contributed by atoms with E-state index in [0.717, 1.165) is 5.56 Å². The number of ether oxygens (including phenoxy) is 1. The average Bonchev–Trinajstić information content (AvgIpc) is 2.75. The Morgan fingerprint density at radius 3 is 2.57 bits per heavy atom. The molecule has 3 aromatic rings. The fraction of sp³-hybridized carbons (Fsp3) is 0.458. The van der Waals surface area contributed by atoms with Gasteiger partial charge in [0.25, 0.3) is 0 Å². The van der Waals surface area contributed by atoms with Gasteiger partial charge < -0.3 is 14.5 Å². The normalized spacial score (nSPS) is 16.6. The van der Waals surface area contributed by atoms with Crippen LogP contribution in [0.2, 0.25) is 5.15 Å². The van der Waals surface area contributed by atoms with Crippen LogP contribution in [0.3, 0.4) is 0 Å². The number of carbonyl (C=O) groups excluding carboxylic acids is 1. The summed E-state index contributed by atoms with van der Waals surface area (Å²) in [5.74, 6) is -0.424. The van der Waals surface area contributed by atoms with Crippen LogP contribution in [0.4, 0.5) is 15.0 Å². The second kappa shape index (κ2) is 9.07. The van der Waals surface area contributed by atoms with Crippen LogP contribution in [0, 0.1) is 19.7 Å². The summed E-state index contributed by atoms with van der Waals surface area (Å²) in [7, 11) is 0. The maximum atomic E-state index is 14.6. The van der Waals surface area contributed by atoms with Gasteiger partial charge in [-0.1, -0.05) is 11.6 Å². The SMILES string of the molecule is Cc1ccnc(C)c1-n1c(=O)nc(N2CCN(C(=O)OC(C)(C)C)C[C@@H]2C)c2cc(F)c(Cl)nc21. The van der Waals surface area contributed by atoms with Crippen molar-refractivity contribution >= 4 is 34.5 Å². The van der Waals surface area contributed by atoms with Crippen molar-refractivity contribution in [3.8, 4) is 5.69 Å². The smallest absolute Gasteiger partial charge is 0.410 e. The van der Waals surface area contributed by atoms with E-state index in [0.29, 0.717) is 42.2 Å². The van der Waals surface area contributed by atoms with Crippen LogP contribution in [0.1, 0.15) is 39.0 Å². The predicted molar refractivity (Wildman–Crippen MR) is 132 cm³/mol. The number of hydrogen-bond donors (Lipinski definition) is 0. The van der Waals surface area contributed by atoms with Crippen LogP contribution in [-0.4, -0.2) is 61.8 Å². The van der Waals surface area contributed by atoms with Gasteiger partial charge in [-0.05, 0) is 59.2 Å². The summed E-state index contributed by atoms with van der Waals surface area (Å²) >= 11 is 6.04. The van der Waals surface area contributed by atoms with Crippen LogP contribution >= 0.6 is 11.6 Å². The first-order valence-corrected chi connectivity index (χ1v) is 11.7.